The van der Waals surface area contributed by atoms with Gasteiger partial charge in [-0.25, -0.2) is 0 Å². The number of nitrogens with one attached hydrogen (secondary N) is 1. The van der Waals surface area contributed by atoms with Crippen LogP contribution < -0.4 is 5.73 Å². The third kappa shape index (κ3) is 2.23. The number of aromatic nitrogens is 1. The van der Waals surface area contributed by atoms with Crippen molar-refractivity contribution in [3.05, 3.63) is 30.0 Å². The minimum atomic E-state index is 0.147. The maximum absolute atomic E-state index is 13.2. The monoisotopic (exact) mass is 311 g/mol. The van der Waals surface area contributed by atoms with Crippen molar-refractivity contribution in [2.75, 3.05) is 12.3 Å². The first-order chi connectivity index (χ1) is 10.8. The molecule has 2 aromatic rings. The average molecular weight is 311 g/mol. The number of hydrogen-bond acceptors (Lipinski definition) is 2. The molecule has 3 N–H and O–H groups in total. The number of aromatic amines is 1. The van der Waals surface area contributed by atoms with Crippen LogP contribution in [0.25, 0.3) is 10.9 Å². The van der Waals surface area contributed by atoms with Crippen molar-refractivity contribution >= 4 is 22.5 Å². The second-order valence-corrected chi connectivity index (χ2v) is 8.62. The molecule has 1 aromatic heterocycles. The third-order valence-electron chi connectivity index (χ3n) is 5.65. The topological polar surface area (TPSA) is 62.1 Å². The van der Waals surface area contributed by atoms with Gasteiger partial charge in [-0.3, -0.25) is 4.79 Å². The summed E-state index contributed by atoms with van der Waals surface area (Å²) in [4.78, 5) is 18.5. The van der Waals surface area contributed by atoms with E-state index in [1.54, 1.807) is 0 Å². The summed E-state index contributed by atoms with van der Waals surface area (Å²) in [6.07, 6.45) is 5.24. The predicted molar refractivity (Wildman–Crippen MR) is 93.3 cm³/mol. The molecule has 4 nitrogen and oxygen atoms in total. The highest BCUT2D eigenvalue weighted by atomic mass is 16.2. The fraction of sp³-hybridized carbons (Fsp3) is 0.526. The van der Waals surface area contributed by atoms with E-state index >= 15 is 0 Å². The standard InChI is InChI=1S/C19H25N3O/c1-18(2)7-12-8-19(3,10-18)11-22(12)17(23)14-9-21-16-13(14)5-4-6-15(16)20/h4-6,9,12,21H,7-8,10-11,20H2,1-3H3. The quantitative estimate of drug-likeness (QED) is 0.787. The van der Waals surface area contributed by atoms with Gasteiger partial charge < -0.3 is 15.6 Å². The van der Waals surface area contributed by atoms with Crippen LogP contribution in [0.5, 0.6) is 0 Å². The summed E-state index contributed by atoms with van der Waals surface area (Å²) in [5, 5.41) is 0.931. The zero-order valence-corrected chi connectivity index (χ0v) is 14.1. The van der Waals surface area contributed by atoms with Gasteiger partial charge in [0.05, 0.1) is 16.8 Å². The fourth-order valence-corrected chi connectivity index (χ4v) is 5.21. The number of carbonyl (C=O) groups excluding carboxylic acids is 1. The number of amides is 1. The van der Waals surface area contributed by atoms with Crippen LogP contribution in [0, 0.1) is 10.8 Å². The van der Waals surface area contributed by atoms with Crippen molar-refractivity contribution < 1.29 is 4.79 Å². The molecular weight excluding hydrogens is 286 g/mol. The van der Waals surface area contributed by atoms with Gasteiger partial charge in [0, 0.05) is 24.2 Å². The number of para-hydroxylation sites is 1. The van der Waals surface area contributed by atoms with Crippen LogP contribution in [-0.4, -0.2) is 28.4 Å². The first-order valence-corrected chi connectivity index (χ1v) is 8.45. The lowest BCUT2D eigenvalue weighted by atomic mass is 9.65. The Hall–Kier alpha value is -1.97. The highest BCUT2D eigenvalue weighted by molar-refractivity contribution is 6.09. The Labute approximate surface area is 137 Å². The average Bonchev–Trinajstić information content (AvgIpc) is 2.97. The number of nitrogen functional groups attached to an aromatic ring is 1. The van der Waals surface area contributed by atoms with Crippen molar-refractivity contribution in [2.24, 2.45) is 10.8 Å². The van der Waals surface area contributed by atoms with E-state index in [2.05, 4.69) is 30.7 Å². The normalized spacial score (nSPS) is 29.2. The van der Waals surface area contributed by atoms with Crippen LogP contribution in [0.4, 0.5) is 5.69 Å². The number of rotatable bonds is 1. The van der Waals surface area contributed by atoms with Gasteiger partial charge >= 0.3 is 0 Å². The summed E-state index contributed by atoms with van der Waals surface area (Å²) in [5.41, 5.74) is 8.89. The molecule has 23 heavy (non-hydrogen) atoms. The van der Waals surface area contributed by atoms with Gasteiger partial charge in [0.1, 0.15) is 0 Å². The number of fused-ring (bicyclic) bond motifs is 3. The molecule has 2 heterocycles. The van der Waals surface area contributed by atoms with Gasteiger partial charge in [0.15, 0.2) is 0 Å². The van der Waals surface area contributed by atoms with Crippen molar-refractivity contribution in [3.63, 3.8) is 0 Å². The van der Waals surface area contributed by atoms with Gasteiger partial charge in [-0.1, -0.05) is 32.9 Å². The Morgan fingerprint density at radius 1 is 1.30 bits per heavy atom. The van der Waals surface area contributed by atoms with E-state index in [0.29, 0.717) is 17.1 Å². The minimum Gasteiger partial charge on any atom is -0.397 e. The second-order valence-electron chi connectivity index (χ2n) is 8.62. The molecule has 1 aliphatic carbocycles. The molecule has 0 spiro atoms. The van der Waals surface area contributed by atoms with Gasteiger partial charge in [0.25, 0.3) is 5.91 Å². The largest absolute Gasteiger partial charge is 0.397 e. The number of anilines is 1. The molecule has 4 heteroatoms. The molecule has 4 rings (SSSR count). The maximum Gasteiger partial charge on any atom is 0.256 e. The Morgan fingerprint density at radius 3 is 2.87 bits per heavy atom. The molecule has 1 aliphatic heterocycles. The van der Waals surface area contributed by atoms with Crippen molar-refractivity contribution in [3.8, 4) is 0 Å². The molecule has 2 unspecified atom stereocenters. The molecular formula is C19H25N3O. The van der Waals surface area contributed by atoms with Gasteiger partial charge in [0.2, 0.25) is 0 Å². The minimum absolute atomic E-state index is 0.147. The lowest BCUT2D eigenvalue weighted by molar-refractivity contribution is 0.0710. The number of hydrogen-bond donors (Lipinski definition) is 2. The van der Waals surface area contributed by atoms with Gasteiger partial charge in [-0.15, -0.1) is 0 Å². The summed E-state index contributed by atoms with van der Waals surface area (Å²) in [6.45, 7) is 7.87. The number of benzene rings is 1. The molecule has 1 amide bonds. The van der Waals surface area contributed by atoms with Crippen LogP contribution in [0.15, 0.2) is 24.4 Å². The number of H-pyrrole nitrogens is 1. The second kappa shape index (κ2) is 4.53. The van der Waals surface area contributed by atoms with Crippen LogP contribution in [0.3, 0.4) is 0 Å². The molecule has 1 aromatic carbocycles. The molecule has 1 saturated carbocycles. The zero-order valence-electron chi connectivity index (χ0n) is 14.1. The Kier molecular flexibility index (Phi) is 2.88. The number of nitrogens with zero attached hydrogens (tertiary/aromatic N) is 1. The summed E-state index contributed by atoms with van der Waals surface area (Å²) >= 11 is 0. The lowest BCUT2D eigenvalue weighted by Gasteiger charge is -2.39. The molecule has 1 saturated heterocycles. The van der Waals surface area contributed by atoms with E-state index in [1.165, 1.54) is 6.42 Å². The van der Waals surface area contributed by atoms with Gasteiger partial charge in [-0.05, 0) is 36.2 Å². The third-order valence-corrected chi connectivity index (χ3v) is 5.65. The van der Waals surface area contributed by atoms with Crippen LogP contribution in [0.1, 0.15) is 50.4 Å². The summed E-state index contributed by atoms with van der Waals surface area (Å²) < 4.78 is 0. The Balaban J connectivity index is 1.71. The molecule has 2 aliphatic rings. The van der Waals surface area contributed by atoms with E-state index in [9.17, 15) is 4.79 Å². The van der Waals surface area contributed by atoms with E-state index < -0.39 is 0 Å². The first-order valence-electron chi connectivity index (χ1n) is 8.45. The van der Waals surface area contributed by atoms with E-state index in [0.717, 1.165) is 35.9 Å². The number of likely N-dealkylation sites (tertiary alicyclic amines) is 1. The summed E-state index contributed by atoms with van der Waals surface area (Å²) in [6, 6.07) is 6.11. The number of carbonyl (C=O) groups is 1. The molecule has 0 radical (unpaired) electrons. The maximum atomic E-state index is 13.2. The molecule has 2 bridgehead atoms. The van der Waals surface area contributed by atoms with Crippen molar-refractivity contribution in [2.45, 2.75) is 46.1 Å². The molecule has 122 valence electrons. The highest BCUT2D eigenvalue weighted by Gasteiger charge is 2.51. The Bertz CT molecular complexity index is 791. The van der Waals surface area contributed by atoms with Crippen LogP contribution in [-0.2, 0) is 0 Å². The van der Waals surface area contributed by atoms with Crippen molar-refractivity contribution in [1.29, 1.82) is 0 Å². The predicted octanol–water partition coefficient (Wildman–Crippen LogP) is 3.79. The smallest absolute Gasteiger partial charge is 0.256 e. The van der Waals surface area contributed by atoms with Gasteiger partial charge in [-0.2, -0.15) is 0 Å². The zero-order chi connectivity index (χ0) is 16.4. The van der Waals surface area contributed by atoms with E-state index in [4.69, 9.17) is 5.73 Å². The van der Waals surface area contributed by atoms with E-state index in [-0.39, 0.29) is 11.3 Å². The van der Waals surface area contributed by atoms with Crippen molar-refractivity contribution in [1.82, 2.24) is 9.88 Å². The SMILES string of the molecule is CC1(C)CC2CC(C)(CN2C(=O)c2c[nH]c3c(N)cccc23)C1. The van der Waals surface area contributed by atoms with Crippen LogP contribution in [0.2, 0.25) is 0 Å². The summed E-state index contributed by atoms with van der Waals surface area (Å²) in [5.74, 6) is 0.147. The fourth-order valence-electron chi connectivity index (χ4n) is 5.21. The molecule has 2 fully saturated rings. The highest BCUT2D eigenvalue weighted by Crippen LogP contribution is 2.52. The summed E-state index contributed by atoms with van der Waals surface area (Å²) in [7, 11) is 0. The van der Waals surface area contributed by atoms with Crippen LogP contribution >= 0.6 is 0 Å². The van der Waals surface area contributed by atoms with E-state index in [1.807, 2.05) is 24.4 Å². The Morgan fingerprint density at radius 2 is 2.09 bits per heavy atom. The lowest BCUT2D eigenvalue weighted by Crippen LogP contribution is -2.37. The number of nitrogens with two attached hydrogens (primary N) is 1. The first kappa shape index (κ1) is 14.6. The molecule has 2 atom stereocenters.